The summed E-state index contributed by atoms with van der Waals surface area (Å²) in [4.78, 5) is 26.5. The number of piperidine rings is 1. The molecule has 2 rings (SSSR count). The van der Waals surface area contributed by atoms with Crippen molar-refractivity contribution >= 4 is 23.6 Å². The summed E-state index contributed by atoms with van der Waals surface area (Å²) in [6, 6.07) is 5.37. The maximum atomic E-state index is 12.6. The molecule has 1 N–H and O–H groups in total. The van der Waals surface area contributed by atoms with Crippen LogP contribution in [0.15, 0.2) is 18.2 Å². The average molecular weight is 397 g/mol. The van der Waals surface area contributed by atoms with E-state index in [2.05, 4.69) is 5.32 Å². The zero-order valence-corrected chi connectivity index (χ0v) is 17.3. The topological polar surface area (TPSA) is 67.9 Å². The van der Waals surface area contributed by atoms with E-state index >= 15 is 0 Å². The Balaban J connectivity index is 1.93. The number of rotatable bonds is 5. The molecule has 150 valence electrons. The average Bonchev–Trinajstić information content (AvgIpc) is 2.60. The first-order valence-electron chi connectivity index (χ1n) is 9.36. The Morgan fingerprint density at radius 2 is 2.07 bits per heavy atom. The largest absolute Gasteiger partial charge is 0.493 e. The molecule has 1 aromatic rings. The molecule has 1 aliphatic heterocycles. The molecular weight excluding hydrogens is 368 g/mol. The van der Waals surface area contributed by atoms with E-state index in [1.807, 2.05) is 33.8 Å². The minimum absolute atomic E-state index is 0.0688. The van der Waals surface area contributed by atoms with Gasteiger partial charge in [-0.1, -0.05) is 17.7 Å². The van der Waals surface area contributed by atoms with Crippen LogP contribution in [0.25, 0.3) is 0 Å². The summed E-state index contributed by atoms with van der Waals surface area (Å²) < 4.78 is 11.0. The van der Waals surface area contributed by atoms with Crippen LogP contribution in [-0.2, 0) is 16.1 Å². The molecule has 7 heteroatoms. The Bertz CT molecular complexity index is 672. The molecule has 0 spiro atoms. The maximum Gasteiger partial charge on any atom is 0.410 e. The van der Waals surface area contributed by atoms with Gasteiger partial charge in [-0.05, 0) is 52.7 Å². The number of hydrogen-bond acceptors (Lipinski definition) is 4. The molecule has 1 atom stereocenters. The third-order valence-electron chi connectivity index (χ3n) is 4.23. The van der Waals surface area contributed by atoms with Gasteiger partial charge in [-0.2, -0.15) is 0 Å². The minimum atomic E-state index is -0.545. The summed E-state index contributed by atoms with van der Waals surface area (Å²) in [5, 5.41) is 3.55. The highest BCUT2D eigenvalue weighted by atomic mass is 35.5. The van der Waals surface area contributed by atoms with Crippen LogP contribution in [0, 0.1) is 5.92 Å². The highest BCUT2D eigenvalue weighted by molar-refractivity contribution is 6.30. The van der Waals surface area contributed by atoms with Crippen molar-refractivity contribution < 1.29 is 19.1 Å². The van der Waals surface area contributed by atoms with E-state index in [0.29, 0.717) is 37.0 Å². The van der Waals surface area contributed by atoms with Crippen LogP contribution < -0.4 is 10.1 Å². The lowest BCUT2D eigenvalue weighted by Crippen LogP contribution is -2.46. The van der Waals surface area contributed by atoms with Crippen molar-refractivity contribution in [3.05, 3.63) is 28.8 Å². The highest BCUT2D eigenvalue weighted by Crippen LogP contribution is 2.24. The van der Waals surface area contributed by atoms with Crippen LogP contribution in [0.5, 0.6) is 5.75 Å². The first-order valence-corrected chi connectivity index (χ1v) is 9.74. The molecule has 6 nitrogen and oxygen atoms in total. The fraction of sp³-hybridized carbons (Fsp3) is 0.600. The maximum absolute atomic E-state index is 12.6. The molecule has 0 aliphatic carbocycles. The Morgan fingerprint density at radius 1 is 1.33 bits per heavy atom. The number of amides is 2. The Kier molecular flexibility index (Phi) is 7.36. The van der Waals surface area contributed by atoms with E-state index in [1.54, 1.807) is 17.0 Å². The number of ether oxygens (including phenoxy) is 2. The third kappa shape index (κ3) is 6.61. The first-order chi connectivity index (χ1) is 12.7. The van der Waals surface area contributed by atoms with Crippen LogP contribution in [0.3, 0.4) is 0 Å². The zero-order valence-electron chi connectivity index (χ0n) is 16.5. The summed E-state index contributed by atoms with van der Waals surface area (Å²) in [7, 11) is 0. The molecule has 1 fully saturated rings. The van der Waals surface area contributed by atoms with E-state index in [9.17, 15) is 9.59 Å². The van der Waals surface area contributed by atoms with Crippen molar-refractivity contribution in [1.82, 2.24) is 10.2 Å². The molecule has 0 bridgehead atoms. The van der Waals surface area contributed by atoms with Crippen molar-refractivity contribution in [2.45, 2.75) is 52.7 Å². The lowest BCUT2D eigenvalue weighted by atomic mass is 9.97. The van der Waals surface area contributed by atoms with Crippen LogP contribution in [0.2, 0.25) is 5.02 Å². The number of carbonyl (C=O) groups is 2. The van der Waals surface area contributed by atoms with E-state index in [1.165, 1.54) is 0 Å². The van der Waals surface area contributed by atoms with Gasteiger partial charge < -0.3 is 19.7 Å². The van der Waals surface area contributed by atoms with Crippen molar-refractivity contribution in [1.29, 1.82) is 0 Å². The van der Waals surface area contributed by atoms with Crippen molar-refractivity contribution in [3.8, 4) is 5.75 Å². The van der Waals surface area contributed by atoms with Gasteiger partial charge in [0.1, 0.15) is 11.4 Å². The molecule has 1 aliphatic rings. The molecule has 1 aromatic carbocycles. The summed E-state index contributed by atoms with van der Waals surface area (Å²) in [6.45, 7) is 9.27. The molecule has 27 heavy (non-hydrogen) atoms. The van der Waals surface area contributed by atoms with Gasteiger partial charge in [-0.25, -0.2) is 4.79 Å². The van der Waals surface area contributed by atoms with Gasteiger partial charge in [0.15, 0.2) is 0 Å². The van der Waals surface area contributed by atoms with E-state index < -0.39 is 5.60 Å². The van der Waals surface area contributed by atoms with Gasteiger partial charge in [0.25, 0.3) is 0 Å². The molecule has 1 heterocycles. The standard InChI is InChI=1S/C20H29ClN2O4/c1-5-26-17-11-16(21)9-8-14(17)12-22-18(24)15-7-6-10-23(13-15)19(25)27-20(2,3)4/h8-9,11,15H,5-7,10,12-13H2,1-4H3,(H,22,24)/t15-/m1/s1. The van der Waals surface area contributed by atoms with E-state index in [0.717, 1.165) is 18.4 Å². The van der Waals surface area contributed by atoms with Crippen molar-refractivity contribution in [2.24, 2.45) is 5.92 Å². The minimum Gasteiger partial charge on any atom is -0.493 e. The van der Waals surface area contributed by atoms with Gasteiger partial charge in [0, 0.05) is 30.2 Å². The van der Waals surface area contributed by atoms with Crippen LogP contribution >= 0.6 is 11.6 Å². The monoisotopic (exact) mass is 396 g/mol. The number of benzene rings is 1. The predicted molar refractivity (Wildman–Crippen MR) is 105 cm³/mol. The predicted octanol–water partition coefficient (Wildman–Crippen LogP) is 4.00. The number of halogens is 1. The van der Waals surface area contributed by atoms with Crippen LogP contribution in [0.1, 0.15) is 46.1 Å². The van der Waals surface area contributed by atoms with Crippen LogP contribution in [0.4, 0.5) is 4.79 Å². The van der Waals surface area contributed by atoms with Crippen molar-refractivity contribution in [3.63, 3.8) is 0 Å². The van der Waals surface area contributed by atoms with Gasteiger partial charge in [0.2, 0.25) is 5.91 Å². The molecule has 0 saturated carbocycles. The summed E-state index contributed by atoms with van der Waals surface area (Å²) in [6.07, 6.45) is 1.17. The fourth-order valence-electron chi connectivity index (χ4n) is 2.97. The SMILES string of the molecule is CCOc1cc(Cl)ccc1CNC(=O)[C@@H]1CCCN(C(=O)OC(C)(C)C)C1. The number of likely N-dealkylation sites (tertiary alicyclic amines) is 1. The van der Waals surface area contributed by atoms with Gasteiger partial charge in [0.05, 0.1) is 12.5 Å². The molecule has 0 aromatic heterocycles. The summed E-state index contributed by atoms with van der Waals surface area (Å²) in [5.41, 5.74) is 0.325. The second kappa shape index (κ2) is 9.31. The Hall–Kier alpha value is -1.95. The molecular formula is C20H29ClN2O4. The number of nitrogens with zero attached hydrogens (tertiary/aromatic N) is 1. The highest BCUT2D eigenvalue weighted by Gasteiger charge is 2.31. The lowest BCUT2D eigenvalue weighted by molar-refractivity contribution is -0.126. The Morgan fingerprint density at radius 3 is 2.74 bits per heavy atom. The zero-order chi connectivity index (χ0) is 20.0. The molecule has 1 saturated heterocycles. The summed E-state index contributed by atoms with van der Waals surface area (Å²) >= 11 is 6.01. The van der Waals surface area contributed by atoms with Gasteiger partial charge >= 0.3 is 6.09 Å². The second-order valence-electron chi connectivity index (χ2n) is 7.67. The molecule has 2 amide bonds. The Labute approximate surface area is 166 Å². The second-order valence-corrected chi connectivity index (χ2v) is 8.10. The first kappa shape index (κ1) is 21.4. The normalized spacial score (nSPS) is 17.4. The quantitative estimate of drug-likeness (QED) is 0.816. The fourth-order valence-corrected chi connectivity index (χ4v) is 3.14. The van der Waals surface area contributed by atoms with Crippen LogP contribution in [-0.4, -0.2) is 42.2 Å². The van der Waals surface area contributed by atoms with Gasteiger partial charge in [-0.15, -0.1) is 0 Å². The van der Waals surface area contributed by atoms with Gasteiger partial charge in [-0.3, -0.25) is 4.79 Å². The molecule has 0 unspecified atom stereocenters. The number of carbonyl (C=O) groups excluding carboxylic acids is 2. The number of nitrogens with one attached hydrogen (secondary N) is 1. The van der Waals surface area contributed by atoms with Crippen molar-refractivity contribution in [2.75, 3.05) is 19.7 Å². The van der Waals surface area contributed by atoms with E-state index in [-0.39, 0.29) is 17.9 Å². The lowest BCUT2D eigenvalue weighted by Gasteiger charge is -2.33. The van der Waals surface area contributed by atoms with E-state index in [4.69, 9.17) is 21.1 Å². The third-order valence-corrected chi connectivity index (χ3v) is 4.46. The smallest absolute Gasteiger partial charge is 0.410 e. The molecule has 0 radical (unpaired) electrons. The summed E-state index contributed by atoms with van der Waals surface area (Å²) in [5.74, 6) is 0.360. The number of hydrogen-bond donors (Lipinski definition) is 1.